The molecule has 110 valence electrons. The highest BCUT2D eigenvalue weighted by Crippen LogP contribution is 2.29. The highest BCUT2D eigenvalue weighted by molar-refractivity contribution is 6.30. The Morgan fingerprint density at radius 2 is 2.25 bits per heavy atom. The van der Waals surface area contributed by atoms with Gasteiger partial charge in [0.2, 0.25) is 0 Å². The van der Waals surface area contributed by atoms with Crippen molar-refractivity contribution in [2.45, 2.75) is 13.0 Å². The van der Waals surface area contributed by atoms with Crippen LogP contribution in [0.2, 0.25) is 5.02 Å². The Labute approximate surface area is 121 Å². The largest absolute Gasteiger partial charge is 0.484 e. The lowest BCUT2D eigenvalue weighted by atomic mass is 10.3. The summed E-state index contributed by atoms with van der Waals surface area (Å²) in [7, 11) is 1.26. The molecule has 0 spiro atoms. The average molecular weight is 303 g/mol. The molecule has 0 aliphatic rings. The Balaban J connectivity index is 2.84. The maximum absolute atomic E-state index is 11.5. The summed E-state index contributed by atoms with van der Waals surface area (Å²) in [5.41, 5.74) is -0.213. The van der Waals surface area contributed by atoms with Gasteiger partial charge in [0, 0.05) is 17.2 Å². The van der Waals surface area contributed by atoms with Gasteiger partial charge in [0.1, 0.15) is 12.6 Å². The molecule has 0 bridgehead atoms. The number of carbonyl (C=O) groups is 1. The number of ether oxygens (including phenoxy) is 2. The third-order valence-corrected chi connectivity index (χ3v) is 2.70. The standard InChI is InChI=1S/C12H15ClN2O5/c1-3-14-9(12(16)19-2)7-20-11-6-8(13)4-5-10(11)15(17)18/h4-6,9,14H,3,7H2,1-2H3. The van der Waals surface area contributed by atoms with Crippen molar-refractivity contribution in [2.75, 3.05) is 20.3 Å². The van der Waals surface area contributed by atoms with Crippen molar-refractivity contribution in [3.63, 3.8) is 0 Å². The van der Waals surface area contributed by atoms with Gasteiger partial charge in [-0.1, -0.05) is 18.5 Å². The van der Waals surface area contributed by atoms with Gasteiger partial charge in [-0.25, -0.2) is 0 Å². The van der Waals surface area contributed by atoms with Gasteiger partial charge >= 0.3 is 11.7 Å². The van der Waals surface area contributed by atoms with Crippen molar-refractivity contribution >= 4 is 23.3 Å². The van der Waals surface area contributed by atoms with E-state index >= 15 is 0 Å². The smallest absolute Gasteiger partial charge is 0.326 e. The number of rotatable bonds is 7. The van der Waals surface area contributed by atoms with E-state index in [2.05, 4.69) is 10.1 Å². The topological polar surface area (TPSA) is 90.7 Å². The van der Waals surface area contributed by atoms with Crippen molar-refractivity contribution in [1.82, 2.24) is 5.32 Å². The van der Waals surface area contributed by atoms with E-state index in [4.69, 9.17) is 16.3 Å². The molecule has 0 radical (unpaired) electrons. The van der Waals surface area contributed by atoms with Crippen molar-refractivity contribution in [2.24, 2.45) is 0 Å². The third-order valence-electron chi connectivity index (χ3n) is 2.46. The predicted octanol–water partition coefficient (Wildman–Crippen LogP) is 1.78. The number of benzene rings is 1. The first-order valence-corrected chi connectivity index (χ1v) is 6.25. The van der Waals surface area contributed by atoms with Gasteiger partial charge < -0.3 is 14.8 Å². The number of nitro groups is 1. The molecular weight excluding hydrogens is 288 g/mol. The summed E-state index contributed by atoms with van der Waals surface area (Å²) in [5.74, 6) is -0.495. The fraction of sp³-hybridized carbons (Fsp3) is 0.417. The second kappa shape index (κ2) is 7.66. The first-order valence-electron chi connectivity index (χ1n) is 5.87. The van der Waals surface area contributed by atoms with Crippen molar-refractivity contribution in [3.8, 4) is 5.75 Å². The molecule has 20 heavy (non-hydrogen) atoms. The molecule has 1 aromatic carbocycles. The molecule has 1 N–H and O–H groups in total. The monoisotopic (exact) mass is 302 g/mol. The minimum atomic E-state index is -0.705. The molecule has 0 aromatic heterocycles. The fourth-order valence-electron chi connectivity index (χ4n) is 1.53. The van der Waals surface area contributed by atoms with Crippen LogP contribution >= 0.6 is 11.6 Å². The molecule has 0 aliphatic heterocycles. The number of hydrogen-bond acceptors (Lipinski definition) is 6. The number of nitrogens with zero attached hydrogens (tertiary/aromatic N) is 1. The Kier molecular flexibility index (Phi) is 6.20. The van der Waals surface area contributed by atoms with Crippen LogP contribution in [0.25, 0.3) is 0 Å². The highest BCUT2D eigenvalue weighted by atomic mass is 35.5. The van der Waals surface area contributed by atoms with Crippen LogP contribution in [0.5, 0.6) is 5.75 Å². The molecule has 0 heterocycles. The minimum absolute atomic E-state index is 0.00862. The molecule has 1 aromatic rings. The summed E-state index contributed by atoms with van der Waals surface area (Å²) in [6, 6.07) is 3.27. The lowest BCUT2D eigenvalue weighted by Crippen LogP contribution is -2.42. The summed E-state index contributed by atoms with van der Waals surface area (Å²) < 4.78 is 9.94. The average Bonchev–Trinajstić information content (AvgIpc) is 2.42. The SMILES string of the molecule is CCNC(COc1cc(Cl)ccc1[N+](=O)[O-])C(=O)OC. The molecule has 0 saturated heterocycles. The normalized spacial score (nSPS) is 11.8. The first kappa shape index (κ1) is 16.2. The minimum Gasteiger partial charge on any atom is -0.484 e. The van der Waals surface area contributed by atoms with Gasteiger partial charge in [-0.2, -0.15) is 0 Å². The van der Waals surface area contributed by atoms with Gasteiger partial charge in [0.15, 0.2) is 5.75 Å². The molecule has 7 nitrogen and oxygen atoms in total. The van der Waals surface area contributed by atoms with Gasteiger partial charge in [-0.05, 0) is 12.6 Å². The van der Waals surface area contributed by atoms with Crippen LogP contribution < -0.4 is 10.1 Å². The molecule has 8 heteroatoms. The van der Waals surface area contributed by atoms with Crippen LogP contribution in [0, 0.1) is 10.1 Å². The Morgan fingerprint density at radius 1 is 1.55 bits per heavy atom. The quantitative estimate of drug-likeness (QED) is 0.469. The van der Waals surface area contributed by atoms with Crippen LogP contribution in [0.3, 0.4) is 0 Å². The van der Waals surface area contributed by atoms with E-state index in [1.807, 2.05) is 6.92 Å². The van der Waals surface area contributed by atoms with Crippen LogP contribution in [0.15, 0.2) is 18.2 Å². The number of hydrogen-bond donors (Lipinski definition) is 1. The molecule has 1 rings (SSSR count). The fourth-order valence-corrected chi connectivity index (χ4v) is 1.69. The van der Waals surface area contributed by atoms with Crippen LogP contribution in [-0.2, 0) is 9.53 Å². The van der Waals surface area contributed by atoms with Crippen molar-refractivity contribution in [3.05, 3.63) is 33.3 Å². The molecule has 0 fully saturated rings. The first-order chi connectivity index (χ1) is 9.49. The maximum Gasteiger partial charge on any atom is 0.326 e. The number of likely N-dealkylation sites (N-methyl/N-ethyl adjacent to an activating group) is 1. The number of nitrogens with one attached hydrogen (secondary N) is 1. The number of esters is 1. The van der Waals surface area contributed by atoms with Gasteiger partial charge in [-0.15, -0.1) is 0 Å². The predicted molar refractivity (Wildman–Crippen MR) is 73.1 cm³/mol. The van der Waals surface area contributed by atoms with Crippen LogP contribution in [0.1, 0.15) is 6.92 Å². The Hall–Kier alpha value is -1.86. The lowest BCUT2D eigenvalue weighted by Gasteiger charge is -2.16. The van der Waals surface area contributed by atoms with E-state index < -0.39 is 16.9 Å². The van der Waals surface area contributed by atoms with E-state index in [1.54, 1.807) is 0 Å². The zero-order chi connectivity index (χ0) is 15.1. The van der Waals surface area contributed by atoms with E-state index in [9.17, 15) is 14.9 Å². The van der Waals surface area contributed by atoms with E-state index in [0.717, 1.165) is 0 Å². The zero-order valence-electron chi connectivity index (χ0n) is 11.1. The summed E-state index contributed by atoms with van der Waals surface area (Å²) in [6.45, 7) is 2.25. The second-order valence-electron chi connectivity index (χ2n) is 3.81. The van der Waals surface area contributed by atoms with Crippen LogP contribution in [0.4, 0.5) is 5.69 Å². The number of methoxy groups -OCH3 is 1. The molecule has 1 unspecified atom stereocenters. The molecular formula is C12H15ClN2O5. The number of carbonyl (C=O) groups excluding carboxylic acids is 1. The zero-order valence-corrected chi connectivity index (χ0v) is 11.8. The third kappa shape index (κ3) is 4.36. The maximum atomic E-state index is 11.5. The summed E-state index contributed by atoms with van der Waals surface area (Å²) >= 11 is 5.78. The summed E-state index contributed by atoms with van der Waals surface area (Å²) in [5, 5.41) is 14.0. The summed E-state index contributed by atoms with van der Waals surface area (Å²) in [6.07, 6.45) is 0. The molecule has 0 aliphatic carbocycles. The van der Waals surface area contributed by atoms with Crippen molar-refractivity contribution in [1.29, 1.82) is 0 Å². The van der Waals surface area contributed by atoms with E-state index in [-0.39, 0.29) is 18.0 Å². The molecule has 1 atom stereocenters. The van der Waals surface area contributed by atoms with Crippen molar-refractivity contribution < 1.29 is 19.2 Å². The second-order valence-corrected chi connectivity index (χ2v) is 4.25. The Bertz CT molecular complexity index is 495. The van der Waals surface area contributed by atoms with Gasteiger partial charge in [-0.3, -0.25) is 14.9 Å². The summed E-state index contributed by atoms with van der Waals surface area (Å²) in [4.78, 5) is 21.8. The van der Waals surface area contributed by atoms with E-state index in [0.29, 0.717) is 11.6 Å². The Morgan fingerprint density at radius 3 is 2.80 bits per heavy atom. The number of nitro benzene ring substituents is 1. The molecule has 0 amide bonds. The lowest BCUT2D eigenvalue weighted by molar-refractivity contribution is -0.385. The van der Waals surface area contributed by atoms with E-state index in [1.165, 1.54) is 25.3 Å². The molecule has 0 saturated carbocycles. The highest BCUT2D eigenvalue weighted by Gasteiger charge is 2.21. The van der Waals surface area contributed by atoms with Gasteiger partial charge in [0.05, 0.1) is 12.0 Å². The van der Waals surface area contributed by atoms with Gasteiger partial charge in [0.25, 0.3) is 0 Å². The number of halogens is 1. The van der Waals surface area contributed by atoms with Crippen LogP contribution in [-0.4, -0.2) is 37.2 Å².